The predicted molar refractivity (Wildman–Crippen MR) is 114 cm³/mol. The van der Waals surface area contributed by atoms with Crippen LogP contribution in [-0.2, 0) is 4.74 Å². The molecule has 0 saturated heterocycles. The largest absolute Gasteiger partial charge is 0.503 e. The summed E-state index contributed by atoms with van der Waals surface area (Å²) in [4.78, 5) is 28.2. The third-order valence-corrected chi connectivity index (χ3v) is 5.81. The molecule has 2 heterocycles. The van der Waals surface area contributed by atoms with E-state index in [9.17, 15) is 14.7 Å². The first-order valence-electron chi connectivity index (χ1n) is 9.40. The lowest BCUT2D eigenvalue weighted by Crippen LogP contribution is -2.31. The van der Waals surface area contributed by atoms with Crippen LogP contribution in [0.15, 0.2) is 50.1 Å². The van der Waals surface area contributed by atoms with Crippen molar-refractivity contribution in [2.75, 3.05) is 27.4 Å². The molecule has 0 radical (unpaired) electrons. The molecule has 1 aromatic heterocycles. The average molecular weight is 474 g/mol. The van der Waals surface area contributed by atoms with Crippen LogP contribution in [-0.4, -0.2) is 43.3 Å². The number of fused-ring (bicyclic) bond motifs is 2. The monoisotopic (exact) mass is 473 g/mol. The zero-order valence-electron chi connectivity index (χ0n) is 16.5. The maximum absolute atomic E-state index is 13.4. The Morgan fingerprint density at radius 3 is 2.70 bits per heavy atom. The van der Waals surface area contributed by atoms with E-state index in [-0.39, 0.29) is 34.2 Å². The fraction of sp³-hybridized carbons (Fsp3) is 0.273. The molecule has 1 aliphatic rings. The molecule has 156 valence electrons. The minimum atomic E-state index is -0.670. The molecule has 1 unspecified atom stereocenters. The lowest BCUT2D eigenvalue weighted by atomic mass is 9.98. The number of amides is 1. The predicted octanol–water partition coefficient (Wildman–Crippen LogP) is 3.85. The summed E-state index contributed by atoms with van der Waals surface area (Å²) in [6.45, 7) is 0.844. The van der Waals surface area contributed by atoms with E-state index in [1.165, 1.54) is 7.11 Å². The van der Waals surface area contributed by atoms with Crippen molar-refractivity contribution in [3.63, 3.8) is 0 Å². The standard InChI is InChI=1S/C22H20BrNO6/c1-28-9-5-8-24-18(12-10-14(23)20(26)16(11-12)29-2)17-19(25)13-6-3-4-7-15(13)30-21(17)22(24)27/h3-4,6-7,10-11,18,26H,5,8-9H2,1-2H3. The van der Waals surface area contributed by atoms with Gasteiger partial charge in [-0.2, -0.15) is 0 Å². The quantitative estimate of drug-likeness (QED) is 0.546. The topological polar surface area (TPSA) is 89.2 Å². The zero-order chi connectivity index (χ0) is 21.4. The number of phenolic OH excluding ortho intramolecular Hbond substituents is 1. The molecule has 0 aliphatic carbocycles. The SMILES string of the molecule is COCCCN1C(=O)c2oc3ccccc3c(=O)c2C1c1cc(Br)c(O)c(OC)c1. The first kappa shape index (κ1) is 20.4. The summed E-state index contributed by atoms with van der Waals surface area (Å²) >= 11 is 3.33. The molecular formula is C22H20BrNO6. The minimum Gasteiger partial charge on any atom is -0.503 e. The fourth-order valence-electron chi connectivity index (χ4n) is 3.83. The van der Waals surface area contributed by atoms with Gasteiger partial charge in [0.2, 0.25) is 5.76 Å². The van der Waals surface area contributed by atoms with Gasteiger partial charge >= 0.3 is 0 Å². The van der Waals surface area contributed by atoms with Crippen molar-refractivity contribution in [1.82, 2.24) is 4.90 Å². The highest BCUT2D eigenvalue weighted by Gasteiger charge is 2.42. The van der Waals surface area contributed by atoms with Gasteiger partial charge in [-0.15, -0.1) is 0 Å². The molecule has 1 amide bonds. The van der Waals surface area contributed by atoms with E-state index >= 15 is 0 Å². The number of hydrogen-bond donors (Lipinski definition) is 1. The molecule has 0 spiro atoms. The number of benzene rings is 2. The van der Waals surface area contributed by atoms with E-state index in [4.69, 9.17) is 13.9 Å². The summed E-state index contributed by atoms with van der Waals surface area (Å²) in [7, 11) is 3.04. The Bertz CT molecular complexity index is 1190. The van der Waals surface area contributed by atoms with Crippen LogP contribution < -0.4 is 10.2 Å². The Kier molecular flexibility index (Phi) is 5.53. The Morgan fingerprint density at radius 1 is 1.20 bits per heavy atom. The molecule has 1 aliphatic heterocycles. The van der Waals surface area contributed by atoms with Gasteiger partial charge in [0.25, 0.3) is 5.91 Å². The van der Waals surface area contributed by atoms with Crippen LogP contribution in [0.5, 0.6) is 11.5 Å². The van der Waals surface area contributed by atoms with Crippen LogP contribution in [0.4, 0.5) is 0 Å². The van der Waals surface area contributed by atoms with Crippen molar-refractivity contribution in [1.29, 1.82) is 0 Å². The summed E-state index contributed by atoms with van der Waals surface area (Å²) in [5.74, 6) is -0.119. The number of hydrogen-bond acceptors (Lipinski definition) is 6. The van der Waals surface area contributed by atoms with Crippen molar-refractivity contribution in [3.8, 4) is 11.5 Å². The number of carbonyl (C=O) groups is 1. The molecule has 30 heavy (non-hydrogen) atoms. The summed E-state index contributed by atoms with van der Waals surface area (Å²) in [5, 5.41) is 10.6. The third kappa shape index (κ3) is 3.26. The minimum absolute atomic E-state index is 0.0456. The number of aromatic hydroxyl groups is 1. The van der Waals surface area contributed by atoms with Crippen LogP contribution in [0.3, 0.4) is 0 Å². The summed E-state index contributed by atoms with van der Waals surface area (Å²) in [6.07, 6.45) is 0.594. The van der Waals surface area contributed by atoms with Crippen molar-refractivity contribution in [2.24, 2.45) is 0 Å². The Labute approximate surface area is 180 Å². The molecule has 0 fully saturated rings. The van der Waals surface area contributed by atoms with Crippen LogP contribution in [0, 0.1) is 0 Å². The Balaban J connectivity index is 1.95. The molecule has 4 rings (SSSR count). The van der Waals surface area contributed by atoms with E-state index in [0.717, 1.165) is 0 Å². The first-order valence-corrected chi connectivity index (χ1v) is 10.2. The lowest BCUT2D eigenvalue weighted by molar-refractivity contribution is 0.0707. The van der Waals surface area contributed by atoms with Gasteiger partial charge in [-0.05, 0) is 52.2 Å². The van der Waals surface area contributed by atoms with Gasteiger partial charge in [0.15, 0.2) is 16.9 Å². The highest BCUT2D eigenvalue weighted by molar-refractivity contribution is 9.10. The molecule has 1 atom stereocenters. The number of ether oxygens (including phenoxy) is 2. The highest BCUT2D eigenvalue weighted by Crippen LogP contribution is 2.43. The zero-order valence-corrected chi connectivity index (χ0v) is 18.1. The number of rotatable bonds is 6. The third-order valence-electron chi connectivity index (χ3n) is 5.21. The lowest BCUT2D eigenvalue weighted by Gasteiger charge is -2.25. The van der Waals surface area contributed by atoms with E-state index < -0.39 is 6.04 Å². The second kappa shape index (κ2) is 8.12. The van der Waals surface area contributed by atoms with Gasteiger partial charge in [0, 0.05) is 20.3 Å². The van der Waals surface area contributed by atoms with Gasteiger partial charge in [-0.1, -0.05) is 12.1 Å². The van der Waals surface area contributed by atoms with E-state index in [1.807, 2.05) is 0 Å². The Morgan fingerprint density at radius 2 is 1.97 bits per heavy atom. The van der Waals surface area contributed by atoms with Gasteiger partial charge in [-0.3, -0.25) is 9.59 Å². The molecule has 7 nitrogen and oxygen atoms in total. The normalized spacial score (nSPS) is 15.6. The Hall–Kier alpha value is -2.84. The van der Waals surface area contributed by atoms with Crippen LogP contribution in [0.1, 0.15) is 34.1 Å². The van der Waals surface area contributed by atoms with E-state index in [0.29, 0.717) is 40.6 Å². The smallest absolute Gasteiger partial charge is 0.290 e. The molecule has 2 aromatic carbocycles. The number of methoxy groups -OCH3 is 2. The maximum Gasteiger partial charge on any atom is 0.290 e. The molecule has 0 saturated carbocycles. The van der Waals surface area contributed by atoms with Crippen LogP contribution in [0.25, 0.3) is 11.0 Å². The fourth-order valence-corrected chi connectivity index (χ4v) is 4.29. The summed E-state index contributed by atoms with van der Waals surface area (Å²) in [6, 6.07) is 9.52. The number of para-hydroxylation sites is 1. The number of carbonyl (C=O) groups excluding carboxylic acids is 1. The van der Waals surface area contributed by atoms with Crippen molar-refractivity contribution in [2.45, 2.75) is 12.5 Å². The molecule has 3 aromatic rings. The first-order chi connectivity index (χ1) is 14.5. The molecule has 8 heteroatoms. The molecular weight excluding hydrogens is 454 g/mol. The molecule has 1 N–H and O–H groups in total. The van der Waals surface area contributed by atoms with Crippen molar-refractivity contribution >= 4 is 32.8 Å². The van der Waals surface area contributed by atoms with Crippen LogP contribution in [0.2, 0.25) is 0 Å². The van der Waals surface area contributed by atoms with Crippen molar-refractivity contribution < 1.29 is 23.8 Å². The van der Waals surface area contributed by atoms with Crippen molar-refractivity contribution in [3.05, 3.63) is 68.0 Å². The van der Waals surface area contributed by atoms with Crippen LogP contribution >= 0.6 is 15.9 Å². The average Bonchev–Trinajstić information content (AvgIpc) is 3.02. The van der Waals surface area contributed by atoms with Gasteiger partial charge < -0.3 is 23.9 Å². The highest BCUT2D eigenvalue weighted by atomic mass is 79.9. The van der Waals surface area contributed by atoms with E-state index in [1.54, 1.807) is 48.4 Å². The summed E-state index contributed by atoms with van der Waals surface area (Å²) in [5.41, 5.74) is 1.04. The van der Waals surface area contributed by atoms with Gasteiger partial charge in [0.05, 0.1) is 28.6 Å². The second-order valence-electron chi connectivity index (χ2n) is 6.97. The summed E-state index contributed by atoms with van der Waals surface area (Å²) < 4.78 is 16.7. The van der Waals surface area contributed by atoms with E-state index in [2.05, 4.69) is 15.9 Å². The number of phenols is 1. The maximum atomic E-state index is 13.4. The van der Waals surface area contributed by atoms with Gasteiger partial charge in [-0.25, -0.2) is 0 Å². The number of halogens is 1. The second-order valence-corrected chi connectivity index (χ2v) is 7.83. The molecule has 0 bridgehead atoms. The number of nitrogens with zero attached hydrogens (tertiary/aromatic N) is 1. The van der Waals surface area contributed by atoms with Gasteiger partial charge in [0.1, 0.15) is 5.58 Å².